The van der Waals surface area contributed by atoms with E-state index in [1.807, 2.05) is 0 Å². The molecule has 0 N–H and O–H groups in total. The van der Waals surface area contributed by atoms with Crippen molar-refractivity contribution in [3.63, 3.8) is 0 Å². The Balaban J connectivity index is 2.03. The Morgan fingerprint density at radius 3 is 2.53 bits per heavy atom. The van der Waals surface area contributed by atoms with Crippen molar-refractivity contribution in [2.24, 2.45) is 11.8 Å². The fourth-order valence-corrected chi connectivity index (χ4v) is 2.54. The van der Waals surface area contributed by atoms with Crippen LogP contribution in [0, 0.1) is 11.8 Å². The van der Waals surface area contributed by atoms with E-state index in [9.17, 15) is 0 Å². The van der Waals surface area contributed by atoms with Crippen molar-refractivity contribution in [1.82, 2.24) is 4.90 Å². The summed E-state index contributed by atoms with van der Waals surface area (Å²) in [6.07, 6.45) is 2.56. The molecule has 1 aromatic rings. The summed E-state index contributed by atoms with van der Waals surface area (Å²) < 4.78 is 0. The molecule has 17 heavy (non-hydrogen) atoms. The van der Waals surface area contributed by atoms with E-state index in [-0.39, 0.29) is 0 Å². The van der Waals surface area contributed by atoms with Crippen molar-refractivity contribution >= 4 is 0 Å². The van der Waals surface area contributed by atoms with Gasteiger partial charge in [0.25, 0.3) is 0 Å². The Morgan fingerprint density at radius 2 is 1.82 bits per heavy atom. The van der Waals surface area contributed by atoms with Crippen LogP contribution in [0.1, 0.15) is 38.3 Å². The van der Waals surface area contributed by atoms with Gasteiger partial charge >= 0.3 is 0 Å². The molecule has 94 valence electrons. The Kier molecular flexibility index (Phi) is 4.22. The van der Waals surface area contributed by atoms with Gasteiger partial charge in [-0.1, -0.05) is 45.0 Å². The lowest BCUT2D eigenvalue weighted by molar-refractivity contribution is 0.207. The molecule has 1 atom stereocenters. The highest BCUT2D eigenvalue weighted by atomic mass is 15.1. The fourth-order valence-electron chi connectivity index (χ4n) is 2.54. The minimum atomic E-state index is 0.786. The first-order valence-electron chi connectivity index (χ1n) is 6.96. The molecule has 0 bridgehead atoms. The fraction of sp³-hybridized carbons (Fsp3) is 0.625. The molecule has 0 spiro atoms. The van der Waals surface area contributed by atoms with Crippen LogP contribution in [0.2, 0.25) is 0 Å². The van der Waals surface area contributed by atoms with Crippen LogP contribution in [0.3, 0.4) is 0 Å². The number of fused-ring (bicyclic) bond motifs is 1. The van der Waals surface area contributed by atoms with Crippen molar-refractivity contribution in [3.05, 3.63) is 35.4 Å². The third-order valence-electron chi connectivity index (χ3n) is 4.12. The number of rotatable bonds is 3. The van der Waals surface area contributed by atoms with Gasteiger partial charge in [0.05, 0.1) is 0 Å². The molecular weight excluding hydrogens is 206 g/mol. The molecule has 0 amide bonds. The van der Waals surface area contributed by atoms with Crippen LogP contribution >= 0.6 is 0 Å². The maximum absolute atomic E-state index is 2.64. The summed E-state index contributed by atoms with van der Waals surface area (Å²) in [5.74, 6) is 1.58. The van der Waals surface area contributed by atoms with Crippen LogP contribution in [0.4, 0.5) is 0 Å². The number of aryl methyl sites for hydroxylation is 1. The summed E-state index contributed by atoms with van der Waals surface area (Å²) in [5.41, 5.74) is 3.10. The highest BCUT2D eigenvalue weighted by molar-refractivity contribution is 5.27. The van der Waals surface area contributed by atoms with Gasteiger partial charge in [-0.2, -0.15) is 0 Å². The monoisotopic (exact) mass is 231 g/mol. The molecule has 0 saturated carbocycles. The van der Waals surface area contributed by atoms with Crippen molar-refractivity contribution in [2.75, 3.05) is 13.1 Å². The van der Waals surface area contributed by atoms with Crippen LogP contribution in [0.15, 0.2) is 24.3 Å². The second-order valence-electron chi connectivity index (χ2n) is 5.83. The zero-order valence-corrected chi connectivity index (χ0v) is 11.4. The molecule has 0 aromatic heterocycles. The van der Waals surface area contributed by atoms with E-state index in [4.69, 9.17) is 0 Å². The second kappa shape index (κ2) is 5.68. The average molecular weight is 231 g/mol. The minimum Gasteiger partial charge on any atom is -0.299 e. The quantitative estimate of drug-likeness (QED) is 0.766. The first-order chi connectivity index (χ1) is 8.16. The summed E-state index contributed by atoms with van der Waals surface area (Å²) in [6.45, 7) is 10.7. The number of nitrogens with zero attached hydrogens (tertiary/aromatic N) is 1. The van der Waals surface area contributed by atoms with Crippen molar-refractivity contribution < 1.29 is 0 Å². The summed E-state index contributed by atoms with van der Waals surface area (Å²) in [4.78, 5) is 2.64. The van der Waals surface area contributed by atoms with E-state index >= 15 is 0 Å². The molecular formula is C16H25N. The van der Waals surface area contributed by atoms with E-state index in [0.29, 0.717) is 0 Å². The Morgan fingerprint density at radius 1 is 1.12 bits per heavy atom. The maximum Gasteiger partial charge on any atom is 0.0236 e. The van der Waals surface area contributed by atoms with Gasteiger partial charge in [-0.05, 0) is 42.3 Å². The molecule has 1 heteroatoms. The maximum atomic E-state index is 2.64. The molecule has 1 aromatic carbocycles. The van der Waals surface area contributed by atoms with Crippen LogP contribution in [-0.2, 0) is 13.0 Å². The lowest BCUT2D eigenvalue weighted by Crippen LogP contribution is -2.30. The third-order valence-corrected chi connectivity index (χ3v) is 4.12. The SMILES string of the molecule is CC(C)[C@H](C)CN1CCCc2ccccc2C1. The van der Waals surface area contributed by atoms with Crippen molar-refractivity contribution in [2.45, 2.75) is 40.2 Å². The summed E-state index contributed by atoms with van der Waals surface area (Å²) >= 11 is 0. The van der Waals surface area contributed by atoms with Gasteiger partial charge in [0, 0.05) is 13.1 Å². The summed E-state index contributed by atoms with van der Waals surface area (Å²) in [7, 11) is 0. The first-order valence-corrected chi connectivity index (χ1v) is 6.96. The average Bonchev–Trinajstić information content (AvgIpc) is 2.50. The molecule has 0 saturated heterocycles. The zero-order valence-electron chi connectivity index (χ0n) is 11.4. The minimum absolute atomic E-state index is 0.786. The Bertz CT molecular complexity index is 356. The molecule has 1 aliphatic heterocycles. The van der Waals surface area contributed by atoms with Crippen LogP contribution in [0.25, 0.3) is 0 Å². The number of hydrogen-bond acceptors (Lipinski definition) is 1. The zero-order chi connectivity index (χ0) is 12.3. The predicted molar refractivity (Wildman–Crippen MR) is 74.0 cm³/mol. The topological polar surface area (TPSA) is 3.24 Å². The highest BCUT2D eigenvalue weighted by Gasteiger charge is 2.17. The van der Waals surface area contributed by atoms with E-state index in [2.05, 4.69) is 49.9 Å². The normalized spacial score (nSPS) is 18.8. The van der Waals surface area contributed by atoms with Crippen LogP contribution in [-0.4, -0.2) is 18.0 Å². The Hall–Kier alpha value is -0.820. The summed E-state index contributed by atoms with van der Waals surface area (Å²) in [6, 6.07) is 8.94. The van der Waals surface area contributed by atoms with Gasteiger partial charge in [-0.15, -0.1) is 0 Å². The molecule has 2 rings (SSSR count). The molecule has 1 heterocycles. The molecule has 0 radical (unpaired) electrons. The van der Waals surface area contributed by atoms with Gasteiger partial charge in [0.1, 0.15) is 0 Å². The highest BCUT2D eigenvalue weighted by Crippen LogP contribution is 2.20. The van der Waals surface area contributed by atoms with Gasteiger partial charge in [-0.25, -0.2) is 0 Å². The van der Waals surface area contributed by atoms with E-state index < -0.39 is 0 Å². The van der Waals surface area contributed by atoms with Gasteiger partial charge in [0.2, 0.25) is 0 Å². The predicted octanol–water partition coefficient (Wildman–Crippen LogP) is 3.73. The van der Waals surface area contributed by atoms with Crippen molar-refractivity contribution in [1.29, 1.82) is 0 Å². The van der Waals surface area contributed by atoms with E-state index in [0.717, 1.165) is 18.4 Å². The first kappa shape index (κ1) is 12.6. The Labute approximate surface area is 106 Å². The smallest absolute Gasteiger partial charge is 0.0236 e. The summed E-state index contributed by atoms with van der Waals surface area (Å²) in [5, 5.41) is 0. The standard InChI is InChI=1S/C16H25N/c1-13(2)14(3)11-17-10-6-9-15-7-4-5-8-16(15)12-17/h4-5,7-8,13-14H,6,9-12H2,1-3H3/t14-/m1/s1. The number of hydrogen-bond donors (Lipinski definition) is 0. The van der Waals surface area contributed by atoms with Crippen LogP contribution < -0.4 is 0 Å². The third kappa shape index (κ3) is 3.32. The second-order valence-corrected chi connectivity index (χ2v) is 5.83. The van der Waals surface area contributed by atoms with Gasteiger partial charge < -0.3 is 0 Å². The van der Waals surface area contributed by atoms with Crippen LogP contribution in [0.5, 0.6) is 0 Å². The lowest BCUT2D eigenvalue weighted by Gasteiger charge is -2.26. The lowest BCUT2D eigenvalue weighted by atomic mass is 9.97. The molecule has 0 unspecified atom stereocenters. The van der Waals surface area contributed by atoms with E-state index in [1.54, 1.807) is 11.1 Å². The largest absolute Gasteiger partial charge is 0.299 e. The molecule has 1 aliphatic rings. The molecule has 0 aliphatic carbocycles. The molecule has 1 nitrogen and oxygen atoms in total. The van der Waals surface area contributed by atoms with Crippen molar-refractivity contribution in [3.8, 4) is 0 Å². The van der Waals surface area contributed by atoms with Gasteiger partial charge in [0.15, 0.2) is 0 Å². The van der Waals surface area contributed by atoms with E-state index in [1.165, 1.54) is 25.9 Å². The van der Waals surface area contributed by atoms with Gasteiger partial charge in [-0.3, -0.25) is 4.90 Å². The molecule has 0 fully saturated rings. The number of benzene rings is 1.